The molecule has 4 rings (SSSR count). The van der Waals surface area contributed by atoms with Crippen molar-refractivity contribution in [1.82, 2.24) is 29.7 Å². The maximum Gasteiger partial charge on any atom is 0.223 e. The number of nitrogen functional groups attached to an aromatic ring is 1. The van der Waals surface area contributed by atoms with Crippen molar-refractivity contribution in [1.29, 1.82) is 5.26 Å². The highest BCUT2D eigenvalue weighted by molar-refractivity contribution is 7.98. The summed E-state index contributed by atoms with van der Waals surface area (Å²) < 4.78 is 0. The molecule has 3 aromatic rings. The monoisotopic (exact) mass is 651 g/mol. The van der Waals surface area contributed by atoms with Gasteiger partial charge >= 0.3 is 0 Å². The van der Waals surface area contributed by atoms with E-state index in [1.807, 2.05) is 23.1 Å². The van der Waals surface area contributed by atoms with Gasteiger partial charge in [0.05, 0.1) is 11.4 Å². The Hall–Kier alpha value is -3.76. The number of nitrogens with one attached hydrogen (secondary N) is 1. The van der Waals surface area contributed by atoms with Crippen molar-refractivity contribution in [3.8, 4) is 17.3 Å². The molecule has 1 aliphatic rings. The minimum atomic E-state index is -0.167. The molecule has 45 heavy (non-hydrogen) atoms. The summed E-state index contributed by atoms with van der Waals surface area (Å²) in [5.74, 6) is 0.619. The lowest BCUT2D eigenvalue weighted by molar-refractivity contribution is -0.133. The number of nitriles is 1. The Bertz CT molecular complexity index is 1470. The average molecular weight is 652 g/mol. The van der Waals surface area contributed by atoms with Gasteiger partial charge in [-0.05, 0) is 43.8 Å². The van der Waals surface area contributed by atoms with E-state index in [4.69, 9.17) is 10.7 Å². The highest BCUT2D eigenvalue weighted by Crippen LogP contribution is 2.29. The summed E-state index contributed by atoms with van der Waals surface area (Å²) in [6.45, 7) is 13.5. The first-order chi connectivity index (χ1) is 21.3. The number of likely N-dealkylation sites (N-methyl/N-ethyl adjacent to an activating group) is 1. The topological polar surface area (TPSA) is 144 Å². The Labute approximate surface area is 276 Å². The molecular formula is C32H42ClN9O2S. The number of nitrogens with two attached hydrogens (primary N) is 1. The van der Waals surface area contributed by atoms with E-state index in [0.717, 1.165) is 63.7 Å². The molecule has 1 saturated heterocycles. The molecule has 0 aliphatic carbocycles. The van der Waals surface area contributed by atoms with Crippen LogP contribution in [0.1, 0.15) is 44.1 Å². The molecule has 0 unspecified atom stereocenters. The second-order valence-corrected chi connectivity index (χ2v) is 11.6. The van der Waals surface area contributed by atoms with E-state index < -0.39 is 0 Å². The van der Waals surface area contributed by atoms with Crippen LogP contribution >= 0.6 is 24.2 Å². The van der Waals surface area contributed by atoms with E-state index in [1.165, 1.54) is 18.7 Å². The molecule has 0 radical (unpaired) electrons. The van der Waals surface area contributed by atoms with Crippen molar-refractivity contribution in [3.63, 3.8) is 0 Å². The molecule has 2 amide bonds. The fraction of sp³-hybridized carbons (Fsp3) is 0.438. The lowest BCUT2D eigenvalue weighted by Gasteiger charge is -2.35. The van der Waals surface area contributed by atoms with Crippen LogP contribution in [0.15, 0.2) is 47.6 Å². The number of halogens is 1. The summed E-state index contributed by atoms with van der Waals surface area (Å²) in [7, 11) is 0. The van der Waals surface area contributed by atoms with Gasteiger partial charge < -0.3 is 20.9 Å². The van der Waals surface area contributed by atoms with Gasteiger partial charge in [0.1, 0.15) is 17.5 Å². The Morgan fingerprint density at radius 1 is 1.02 bits per heavy atom. The average Bonchev–Trinajstić information content (AvgIpc) is 3.03. The van der Waals surface area contributed by atoms with E-state index in [0.29, 0.717) is 40.7 Å². The lowest BCUT2D eigenvalue weighted by atomic mass is 10.1. The summed E-state index contributed by atoms with van der Waals surface area (Å²) in [6.07, 6.45) is 1.01. The van der Waals surface area contributed by atoms with Crippen molar-refractivity contribution in [2.75, 3.05) is 63.4 Å². The predicted molar refractivity (Wildman–Crippen MR) is 181 cm³/mol. The number of thioether (sulfide) groups is 1. The second-order valence-electron chi connectivity index (χ2n) is 10.6. The maximum atomic E-state index is 12.9. The minimum Gasteiger partial charge on any atom is -0.382 e. The van der Waals surface area contributed by atoms with Crippen LogP contribution in [0.5, 0.6) is 0 Å². The van der Waals surface area contributed by atoms with Crippen LogP contribution in [0, 0.1) is 11.3 Å². The number of carbonyl (C=O) groups is 2. The van der Waals surface area contributed by atoms with Gasteiger partial charge in [-0.15, -0.1) is 12.4 Å². The molecule has 0 atom stereocenters. The number of piperazine rings is 1. The van der Waals surface area contributed by atoms with Crippen molar-refractivity contribution in [3.05, 3.63) is 59.4 Å². The van der Waals surface area contributed by atoms with Gasteiger partial charge in [-0.25, -0.2) is 9.97 Å². The molecule has 3 heterocycles. The standard InChI is InChI=1S/C32H41N9O2S.ClH/c1-4-39(5-2)15-16-40-17-19-41(20-18-40)29(43)14-13-25-7-6-8-27(36-25)22-44-32-37-30(28(21-33)31(34)38-32)24-9-11-26(12-10-24)35-23(3)42;/h6-12H,4-5,13-20,22H2,1-3H3,(H,35,42)(H2,34,37,38);1H. The third kappa shape index (κ3) is 10.4. The van der Waals surface area contributed by atoms with Crippen LogP contribution in [-0.4, -0.2) is 93.8 Å². The predicted octanol–water partition coefficient (Wildman–Crippen LogP) is 4.08. The van der Waals surface area contributed by atoms with Crippen molar-refractivity contribution in [2.24, 2.45) is 0 Å². The minimum absolute atomic E-state index is 0. The normalized spacial score (nSPS) is 13.3. The quantitative estimate of drug-likeness (QED) is 0.205. The van der Waals surface area contributed by atoms with Crippen LogP contribution < -0.4 is 11.1 Å². The van der Waals surface area contributed by atoms with Crippen molar-refractivity contribution >= 4 is 47.5 Å². The van der Waals surface area contributed by atoms with Crippen LogP contribution in [0.3, 0.4) is 0 Å². The first-order valence-corrected chi connectivity index (χ1v) is 16.0. The number of anilines is 2. The zero-order chi connectivity index (χ0) is 31.5. The zero-order valence-electron chi connectivity index (χ0n) is 26.2. The first kappa shape index (κ1) is 35.7. The fourth-order valence-electron chi connectivity index (χ4n) is 5.08. The fourth-order valence-corrected chi connectivity index (χ4v) is 5.84. The molecule has 0 saturated carbocycles. The third-order valence-corrected chi connectivity index (χ3v) is 8.55. The van der Waals surface area contributed by atoms with Gasteiger partial charge in [-0.1, -0.05) is 43.8 Å². The van der Waals surface area contributed by atoms with Crippen molar-refractivity contribution < 1.29 is 9.59 Å². The summed E-state index contributed by atoms with van der Waals surface area (Å²) in [5, 5.41) is 12.8. The Morgan fingerprint density at radius 2 is 1.71 bits per heavy atom. The molecule has 1 fully saturated rings. The third-order valence-electron chi connectivity index (χ3n) is 7.67. The van der Waals surface area contributed by atoms with E-state index in [1.54, 1.807) is 24.3 Å². The summed E-state index contributed by atoms with van der Waals surface area (Å²) >= 11 is 1.38. The summed E-state index contributed by atoms with van der Waals surface area (Å²) in [4.78, 5) is 44.9. The van der Waals surface area contributed by atoms with E-state index in [-0.39, 0.29) is 35.6 Å². The maximum absolute atomic E-state index is 12.9. The number of aryl methyl sites for hydroxylation is 1. The van der Waals surface area contributed by atoms with E-state index in [9.17, 15) is 14.9 Å². The Kier molecular flexibility index (Phi) is 14.0. The largest absolute Gasteiger partial charge is 0.382 e. The first-order valence-electron chi connectivity index (χ1n) is 15.0. The number of benzene rings is 1. The van der Waals surface area contributed by atoms with E-state index in [2.05, 4.69) is 45.0 Å². The van der Waals surface area contributed by atoms with Crippen LogP contribution in [0.2, 0.25) is 0 Å². The Morgan fingerprint density at radius 3 is 2.36 bits per heavy atom. The molecular weight excluding hydrogens is 610 g/mol. The number of hydrogen-bond donors (Lipinski definition) is 2. The number of rotatable bonds is 13. The molecule has 11 nitrogen and oxygen atoms in total. The van der Waals surface area contributed by atoms with Gasteiger partial charge in [0, 0.05) is 75.3 Å². The molecule has 0 bridgehead atoms. The van der Waals surface area contributed by atoms with Crippen LogP contribution in [0.25, 0.3) is 11.3 Å². The van der Waals surface area contributed by atoms with Gasteiger partial charge in [0.15, 0.2) is 5.16 Å². The summed E-state index contributed by atoms with van der Waals surface area (Å²) in [6, 6.07) is 15.0. The van der Waals surface area contributed by atoms with Crippen LogP contribution in [0.4, 0.5) is 11.5 Å². The van der Waals surface area contributed by atoms with Gasteiger partial charge in [0.2, 0.25) is 11.8 Å². The van der Waals surface area contributed by atoms with E-state index >= 15 is 0 Å². The number of hydrogen-bond acceptors (Lipinski definition) is 10. The zero-order valence-corrected chi connectivity index (χ0v) is 27.8. The number of aromatic nitrogens is 3. The number of nitrogens with zero attached hydrogens (tertiary/aromatic N) is 7. The SMILES string of the molecule is CCN(CC)CCN1CCN(C(=O)CCc2cccc(CSc3nc(N)c(C#N)c(-c4ccc(NC(C)=O)cc4)n3)n2)CC1.Cl. The summed E-state index contributed by atoms with van der Waals surface area (Å²) in [5.41, 5.74) is 9.82. The lowest BCUT2D eigenvalue weighted by Crippen LogP contribution is -2.50. The molecule has 0 spiro atoms. The van der Waals surface area contributed by atoms with Gasteiger partial charge in [0.25, 0.3) is 0 Å². The highest BCUT2D eigenvalue weighted by Gasteiger charge is 2.21. The molecule has 1 aliphatic heterocycles. The second kappa shape index (κ2) is 17.7. The molecule has 3 N–H and O–H groups in total. The molecule has 1 aromatic carbocycles. The molecule has 13 heteroatoms. The van der Waals surface area contributed by atoms with Gasteiger partial charge in [-0.2, -0.15) is 5.26 Å². The van der Waals surface area contributed by atoms with Crippen molar-refractivity contribution in [2.45, 2.75) is 44.5 Å². The number of carbonyl (C=O) groups excluding carboxylic acids is 2. The highest BCUT2D eigenvalue weighted by atomic mass is 35.5. The van der Waals surface area contributed by atoms with Crippen LogP contribution in [-0.2, 0) is 21.8 Å². The number of amides is 2. The number of pyridine rings is 1. The smallest absolute Gasteiger partial charge is 0.223 e. The Balaban J connectivity index is 0.00000552. The molecule has 240 valence electrons. The molecule has 2 aromatic heterocycles. The van der Waals surface area contributed by atoms with Gasteiger partial charge in [-0.3, -0.25) is 19.5 Å².